The third-order valence-electron chi connectivity index (χ3n) is 9.51. The fourth-order valence-corrected chi connectivity index (χ4v) is 7.25. The summed E-state index contributed by atoms with van der Waals surface area (Å²) in [5.74, 6) is -0.915. The summed E-state index contributed by atoms with van der Waals surface area (Å²) in [6, 6.07) is 11.2. The molecule has 1 saturated carbocycles. The average molecular weight is 588 g/mol. The first kappa shape index (κ1) is 29.4. The summed E-state index contributed by atoms with van der Waals surface area (Å²) in [4.78, 5) is 30.9. The van der Waals surface area contributed by atoms with Crippen LogP contribution in [0.1, 0.15) is 48.9 Å². The number of aromatic nitrogens is 2. The highest BCUT2D eigenvalue weighted by molar-refractivity contribution is 5.91. The predicted molar refractivity (Wildman–Crippen MR) is 164 cm³/mol. The number of ether oxygens (including phenoxy) is 1. The number of nitriles is 1. The second-order valence-corrected chi connectivity index (χ2v) is 13.0. The summed E-state index contributed by atoms with van der Waals surface area (Å²) >= 11 is 0. The molecule has 2 aliphatic carbocycles. The number of anilines is 2. The van der Waals surface area contributed by atoms with Crippen molar-refractivity contribution in [3.8, 4) is 12.1 Å². The van der Waals surface area contributed by atoms with Crippen LogP contribution in [-0.2, 0) is 24.1 Å². The Kier molecular flexibility index (Phi) is 8.27. The van der Waals surface area contributed by atoms with Crippen LogP contribution in [0.2, 0.25) is 0 Å². The van der Waals surface area contributed by atoms with E-state index in [1.807, 2.05) is 0 Å². The van der Waals surface area contributed by atoms with E-state index in [2.05, 4.69) is 65.7 Å². The van der Waals surface area contributed by atoms with Crippen molar-refractivity contribution in [2.75, 3.05) is 63.2 Å². The Morgan fingerprint density at radius 2 is 2.02 bits per heavy atom. The second kappa shape index (κ2) is 12.1. The van der Waals surface area contributed by atoms with E-state index < -0.39 is 17.8 Å². The number of hydrogen-bond donors (Lipinski definition) is 0. The van der Waals surface area contributed by atoms with E-state index in [1.165, 1.54) is 16.2 Å². The molecule has 228 valence electrons. The monoisotopic (exact) mass is 587 g/mol. The topological polar surface area (TPSA) is 88.8 Å². The molecule has 1 saturated heterocycles. The standard InChI is InChI=1S/C33H42FN7O2/c1-23(34)31(42)41-18-17-39(20-26(41)12-15-35)30-27-11-10-25(40-16-6-8-24-7-4-5-9-29(24)40)19-28(27)36-32(37-30)43-22-33(13-14-33)21-38(2)3/h4-5,7,9,25-26H,1,6,8,10-14,16-22H2,2-3H3/t25?,26-/m0/s1. The van der Waals surface area contributed by atoms with Gasteiger partial charge in [-0.2, -0.15) is 15.2 Å². The highest BCUT2D eigenvalue weighted by atomic mass is 19.1. The molecule has 3 heterocycles. The molecule has 43 heavy (non-hydrogen) atoms. The molecule has 0 bridgehead atoms. The van der Waals surface area contributed by atoms with Gasteiger partial charge in [-0.1, -0.05) is 24.8 Å². The summed E-state index contributed by atoms with van der Waals surface area (Å²) in [7, 11) is 4.18. The molecule has 1 unspecified atom stereocenters. The van der Waals surface area contributed by atoms with E-state index >= 15 is 0 Å². The zero-order valence-corrected chi connectivity index (χ0v) is 25.4. The van der Waals surface area contributed by atoms with Gasteiger partial charge in [0.05, 0.1) is 30.8 Å². The zero-order chi connectivity index (χ0) is 30.1. The van der Waals surface area contributed by atoms with Crippen LogP contribution in [0, 0.1) is 16.7 Å². The molecule has 1 amide bonds. The summed E-state index contributed by atoms with van der Waals surface area (Å²) in [6.07, 6.45) is 7.26. The van der Waals surface area contributed by atoms with E-state index in [9.17, 15) is 14.4 Å². The minimum atomic E-state index is -0.997. The minimum absolute atomic E-state index is 0.107. The van der Waals surface area contributed by atoms with Crippen LogP contribution in [-0.4, -0.2) is 91.2 Å². The van der Waals surface area contributed by atoms with Crippen molar-refractivity contribution < 1.29 is 13.9 Å². The fraction of sp³-hybridized carbons (Fsp3) is 0.576. The van der Waals surface area contributed by atoms with Crippen LogP contribution in [0.4, 0.5) is 15.9 Å². The maximum atomic E-state index is 13.8. The number of para-hydroxylation sites is 1. The maximum absolute atomic E-state index is 13.8. The maximum Gasteiger partial charge on any atom is 0.318 e. The SMILES string of the molecule is C=C(F)C(=O)N1CCN(c2nc(OCC3(CN(C)C)CC3)nc3c2CCC(N2CCCc4ccccc42)C3)C[C@@H]1CC#N. The first-order valence-corrected chi connectivity index (χ1v) is 15.6. The molecule has 0 N–H and O–H groups in total. The van der Waals surface area contributed by atoms with Gasteiger partial charge in [0.15, 0.2) is 5.83 Å². The number of amides is 1. The molecular formula is C33H42FN7O2. The molecule has 2 fully saturated rings. The van der Waals surface area contributed by atoms with Crippen LogP contribution < -0.4 is 14.5 Å². The molecule has 10 heteroatoms. The van der Waals surface area contributed by atoms with Crippen molar-refractivity contribution in [2.24, 2.45) is 5.41 Å². The van der Waals surface area contributed by atoms with Crippen LogP contribution in [0.5, 0.6) is 6.01 Å². The van der Waals surface area contributed by atoms with Crippen molar-refractivity contribution in [3.05, 3.63) is 53.5 Å². The third kappa shape index (κ3) is 6.19. The van der Waals surface area contributed by atoms with Gasteiger partial charge in [-0.15, -0.1) is 0 Å². The van der Waals surface area contributed by atoms with Gasteiger partial charge in [-0.05, 0) is 64.3 Å². The van der Waals surface area contributed by atoms with Crippen molar-refractivity contribution >= 4 is 17.4 Å². The lowest BCUT2D eigenvalue weighted by molar-refractivity contribution is -0.131. The molecule has 2 aliphatic heterocycles. The van der Waals surface area contributed by atoms with Gasteiger partial charge >= 0.3 is 6.01 Å². The Labute approximate surface area is 253 Å². The summed E-state index contributed by atoms with van der Waals surface area (Å²) in [5, 5.41) is 9.51. The van der Waals surface area contributed by atoms with Gasteiger partial charge in [0.2, 0.25) is 0 Å². The van der Waals surface area contributed by atoms with Crippen LogP contribution in [0.25, 0.3) is 0 Å². The number of nitrogens with zero attached hydrogens (tertiary/aromatic N) is 7. The molecule has 2 aromatic rings. The number of fused-ring (bicyclic) bond motifs is 2. The van der Waals surface area contributed by atoms with Gasteiger partial charge in [0.1, 0.15) is 5.82 Å². The number of carbonyl (C=O) groups excluding carboxylic acids is 1. The van der Waals surface area contributed by atoms with Crippen LogP contribution in [0.3, 0.4) is 0 Å². The van der Waals surface area contributed by atoms with E-state index in [0.717, 1.165) is 75.1 Å². The Morgan fingerprint density at radius 3 is 2.77 bits per heavy atom. The van der Waals surface area contributed by atoms with E-state index in [-0.39, 0.29) is 11.8 Å². The van der Waals surface area contributed by atoms with Crippen LogP contribution in [0.15, 0.2) is 36.7 Å². The Morgan fingerprint density at radius 1 is 1.21 bits per heavy atom. The summed E-state index contributed by atoms with van der Waals surface area (Å²) < 4.78 is 20.2. The lowest BCUT2D eigenvalue weighted by Gasteiger charge is -2.43. The highest BCUT2D eigenvalue weighted by Crippen LogP contribution is 2.46. The van der Waals surface area contributed by atoms with Crippen molar-refractivity contribution in [2.45, 2.75) is 63.5 Å². The van der Waals surface area contributed by atoms with E-state index in [1.54, 1.807) is 0 Å². The normalized spacial score (nSPS) is 22.4. The number of aryl methyl sites for hydroxylation is 1. The molecule has 0 spiro atoms. The first-order chi connectivity index (χ1) is 20.8. The number of rotatable bonds is 9. The predicted octanol–water partition coefficient (Wildman–Crippen LogP) is 3.92. The van der Waals surface area contributed by atoms with Crippen molar-refractivity contribution in [1.82, 2.24) is 19.8 Å². The van der Waals surface area contributed by atoms with Crippen molar-refractivity contribution in [1.29, 1.82) is 5.26 Å². The van der Waals surface area contributed by atoms with Crippen LogP contribution >= 0.6 is 0 Å². The fourth-order valence-electron chi connectivity index (χ4n) is 7.25. The lowest BCUT2D eigenvalue weighted by atomic mass is 9.88. The van der Waals surface area contributed by atoms with E-state index in [4.69, 9.17) is 14.7 Å². The lowest BCUT2D eigenvalue weighted by Crippen LogP contribution is -2.55. The van der Waals surface area contributed by atoms with Gasteiger partial charge in [0, 0.05) is 61.9 Å². The van der Waals surface area contributed by atoms with E-state index in [0.29, 0.717) is 38.3 Å². The Bertz CT molecular complexity index is 1420. The number of halogens is 1. The zero-order valence-electron chi connectivity index (χ0n) is 25.4. The number of piperazine rings is 1. The van der Waals surface area contributed by atoms with Gasteiger partial charge in [-0.3, -0.25) is 4.79 Å². The molecule has 1 aromatic heterocycles. The van der Waals surface area contributed by atoms with Gasteiger partial charge in [-0.25, -0.2) is 4.39 Å². The number of carbonyl (C=O) groups is 1. The molecule has 6 rings (SSSR count). The van der Waals surface area contributed by atoms with Gasteiger partial charge in [0.25, 0.3) is 5.91 Å². The quantitative estimate of drug-likeness (QED) is 0.408. The second-order valence-electron chi connectivity index (χ2n) is 13.0. The Hall–Kier alpha value is -3.71. The molecule has 2 atom stereocenters. The first-order valence-electron chi connectivity index (χ1n) is 15.6. The molecule has 0 radical (unpaired) electrons. The largest absolute Gasteiger partial charge is 0.463 e. The molecule has 9 nitrogen and oxygen atoms in total. The average Bonchev–Trinajstić information content (AvgIpc) is 3.77. The highest BCUT2D eigenvalue weighted by Gasteiger charge is 2.44. The molecule has 4 aliphatic rings. The Balaban J connectivity index is 1.29. The number of benzene rings is 1. The van der Waals surface area contributed by atoms with Crippen molar-refractivity contribution in [3.63, 3.8) is 0 Å². The summed E-state index contributed by atoms with van der Waals surface area (Å²) in [5.41, 5.74) is 5.02. The summed E-state index contributed by atoms with van der Waals surface area (Å²) in [6.45, 7) is 6.94. The van der Waals surface area contributed by atoms with Gasteiger partial charge < -0.3 is 24.3 Å². The molecular weight excluding hydrogens is 545 g/mol. The minimum Gasteiger partial charge on any atom is -0.463 e. The molecule has 1 aromatic carbocycles. The number of hydrogen-bond acceptors (Lipinski definition) is 8. The smallest absolute Gasteiger partial charge is 0.318 e. The third-order valence-corrected chi connectivity index (χ3v) is 9.51.